The average molecular weight is 948 g/mol. The summed E-state index contributed by atoms with van der Waals surface area (Å²) in [5.41, 5.74) is 10.8. The number of carbonyl (C=O) groups is 2. The first kappa shape index (κ1) is 44.1. The smallest absolute Gasteiger partial charge is 0.399 e. The Kier molecular flexibility index (Phi) is 12.0. The monoisotopic (exact) mass is 946 g/mol. The number of hydrogen-bond acceptors (Lipinski definition) is 8. The van der Waals surface area contributed by atoms with Gasteiger partial charge < -0.3 is 19.9 Å². The molecule has 2 amide bonds. The van der Waals surface area contributed by atoms with Crippen molar-refractivity contribution in [2.75, 3.05) is 10.6 Å². The quantitative estimate of drug-likeness (QED) is 0.157. The van der Waals surface area contributed by atoms with Crippen LogP contribution in [0.1, 0.15) is 38.8 Å². The molecule has 16 heteroatoms. The van der Waals surface area contributed by atoms with Crippen molar-refractivity contribution in [2.45, 2.75) is 51.7 Å². The molecule has 11 rings (SSSR count). The van der Waals surface area contributed by atoms with E-state index in [2.05, 4.69) is 111 Å². The minimum absolute atomic E-state index is 0.0810. The molecule has 0 aliphatic carbocycles. The first-order valence-electron chi connectivity index (χ1n) is 21.1. The van der Waals surface area contributed by atoms with Crippen LogP contribution in [0.4, 0.5) is 20.2 Å². The fourth-order valence-electron chi connectivity index (χ4n) is 7.64. The van der Waals surface area contributed by atoms with Gasteiger partial charge in [-0.25, -0.2) is 28.1 Å². The highest BCUT2D eigenvalue weighted by atomic mass is 79.9. The number of carbonyl (C=O) groups excluding carboxylic acids is 2. The van der Waals surface area contributed by atoms with Gasteiger partial charge in [0.05, 0.1) is 39.9 Å². The predicted octanol–water partition coefficient (Wildman–Crippen LogP) is 9.55. The maximum Gasteiger partial charge on any atom is 0.494 e. The summed E-state index contributed by atoms with van der Waals surface area (Å²) >= 11 is 3.05. The predicted molar refractivity (Wildman–Crippen MR) is 253 cm³/mol. The SMILES string of the molecule is CC1(C)OB(c2ccc(-c3ccc(-n4cncn4)cc3)cc2)OC1(C)C.O=C1Cc2cc(-c3ccc(-c4ccc(-n5cncn5)cc4)cc3)c(F)cc2N1.O=C1Cc2cc(Br)c(F)cc2N1. The van der Waals surface area contributed by atoms with Gasteiger partial charge in [0.2, 0.25) is 11.8 Å². The van der Waals surface area contributed by atoms with E-state index in [4.69, 9.17) is 9.31 Å². The molecular weight excluding hydrogens is 905 g/mol. The van der Waals surface area contributed by atoms with Crippen LogP contribution in [-0.2, 0) is 31.7 Å². The van der Waals surface area contributed by atoms with E-state index >= 15 is 0 Å². The molecule has 0 saturated carbocycles. The Balaban J connectivity index is 0.000000134. The summed E-state index contributed by atoms with van der Waals surface area (Å²) < 4.78 is 43.5. The Hall–Kier alpha value is -7.14. The molecule has 2 aromatic heterocycles. The molecule has 1 saturated heterocycles. The average Bonchev–Trinajstić information content (AvgIpc) is 4.17. The molecule has 3 aliphatic rings. The number of nitrogens with zero attached hydrogens (tertiary/aromatic N) is 6. The summed E-state index contributed by atoms with van der Waals surface area (Å²) in [5.74, 6) is -0.874. The van der Waals surface area contributed by atoms with E-state index in [1.54, 1.807) is 34.2 Å². The molecule has 0 radical (unpaired) electrons. The lowest BCUT2D eigenvalue weighted by atomic mass is 9.78. The van der Waals surface area contributed by atoms with Crippen LogP contribution in [0.3, 0.4) is 0 Å². The summed E-state index contributed by atoms with van der Waals surface area (Å²) in [4.78, 5) is 30.3. The third kappa shape index (κ3) is 9.34. The van der Waals surface area contributed by atoms with Gasteiger partial charge in [-0.05, 0) is 137 Å². The van der Waals surface area contributed by atoms with Crippen molar-refractivity contribution in [3.8, 4) is 44.8 Å². The molecule has 66 heavy (non-hydrogen) atoms. The van der Waals surface area contributed by atoms with Crippen molar-refractivity contribution in [1.82, 2.24) is 29.5 Å². The minimum Gasteiger partial charge on any atom is -0.399 e. The lowest BCUT2D eigenvalue weighted by Gasteiger charge is -2.32. The van der Waals surface area contributed by atoms with Crippen molar-refractivity contribution < 1.29 is 27.7 Å². The molecule has 5 heterocycles. The van der Waals surface area contributed by atoms with E-state index in [-0.39, 0.29) is 41.8 Å². The Morgan fingerprint density at radius 2 is 0.985 bits per heavy atom. The van der Waals surface area contributed by atoms with Gasteiger partial charge in [0.1, 0.15) is 36.9 Å². The zero-order valence-electron chi connectivity index (χ0n) is 36.3. The standard InChI is InChI=1S/C22H15FN4O.C20H22BN3O2.C8H5BrFNO/c23-20-11-21-17(10-22(28)26-21)9-19(20)16-3-1-14(2-4-16)15-5-7-18(8-6-15)27-13-24-12-25-27;1-19(2)20(3,4)26-21(25-19)17-9-5-15(6-10-17)16-7-11-18(12-8-16)24-14-22-13-23-24;9-5-1-4-2-8(12)11-7(4)3-6(5)10/h1-9,11-13H,10H2,(H,26,28);5-14H,1-4H3;1,3H,2H2,(H,11,12). The highest BCUT2D eigenvalue weighted by molar-refractivity contribution is 9.10. The minimum atomic E-state index is -0.351. The molecule has 1 fully saturated rings. The van der Waals surface area contributed by atoms with Crippen LogP contribution in [0.15, 0.2) is 151 Å². The number of halogens is 3. The molecule has 2 N–H and O–H groups in total. The number of aromatic nitrogens is 6. The molecule has 6 aromatic carbocycles. The van der Waals surface area contributed by atoms with Gasteiger partial charge in [-0.3, -0.25) is 9.59 Å². The van der Waals surface area contributed by atoms with Crippen molar-refractivity contribution >= 4 is 51.7 Å². The van der Waals surface area contributed by atoms with Gasteiger partial charge >= 0.3 is 7.12 Å². The summed E-state index contributed by atoms with van der Waals surface area (Å²) in [6.07, 6.45) is 7.00. The largest absolute Gasteiger partial charge is 0.494 e. The maximum absolute atomic E-state index is 14.5. The maximum atomic E-state index is 14.5. The Morgan fingerprint density at radius 1 is 0.576 bits per heavy atom. The molecule has 0 atom stereocenters. The number of benzene rings is 6. The molecular formula is C50H42BBrF2N8O4. The van der Waals surface area contributed by atoms with Crippen LogP contribution in [-0.4, -0.2) is 59.7 Å². The topological polar surface area (TPSA) is 138 Å². The molecule has 0 bridgehead atoms. The van der Waals surface area contributed by atoms with E-state index in [1.165, 1.54) is 24.8 Å². The number of nitrogens with one attached hydrogen (secondary N) is 2. The van der Waals surface area contributed by atoms with Gasteiger partial charge in [0.25, 0.3) is 0 Å². The highest BCUT2D eigenvalue weighted by Crippen LogP contribution is 2.37. The molecule has 330 valence electrons. The van der Waals surface area contributed by atoms with Gasteiger partial charge in [-0.2, -0.15) is 10.2 Å². The highest BCUT2D eigenvalue weighted by Gasteiger charge is 2.51. The zero-order valence-corrected chi connectivity index (χ0v) is 37.9. The fourth-order valence-corrected chi connectivity index (χ4v) is 8.03. The summed E-state index contributed by atoms with van der Waals surface area (Å²) in [6, 6.07) is 38.4. The van der Waals surface area contributed by atoms with Crippen LogP contribution < -0.4 is 16.1 Å². The van der Waals surface area contributed by atoms with E-state index in [0.29, 0.717) is 34.3 Å². The third-order valence-corrected chi connectivity index (χ3v) is 12.6. The number of fused-ring (bicyclic) bond motifs is 2. The van der Waals surface area contributed by atoms with Crippen molar-refractivity contribution in [3.05, 3.63) is 174 Å². The van der Waals surface area contributed by atoms with Gasteiger partial charge in [-0.1, -0.05) is 72.8 Å². The second-order valence-electron chi connectivity index (χ2n) is 16.9. The molecule has 8 aromatic rings. The van der Waals surface area contributed by atoms with Gasteiger partial charge in [-0.15, -0.1) is 0 Å². The number of amides is 2. The van der Waals surface area contributed by atoms with Crippen LogP contribution in [0.2, 0.25) is 0 Å². The zero-order chi connectivity index (χ0) is 46.2. The summed E-state index contributed by atoms with van der Waals surface area (Å²) in [7, 11) is -0.330. The fraction of sp³-hybridized carbons (Fsp3) is 0.160. The summed E-state index contributed by atoms with van der Waals surface area (Å²) in [5, 5.41) is 13.5. The lowest BCUT2D eigenvalue weighted by Crippen LogP contribution is -2.41. The van der Waals surface area contributed by atoms with Gasteiger partial charge in [0, 0.05) is 16.9 Å². The van der Waals surface area contributed by atoms with Gasteiger partial charge in [0.15, 0.2) is 0 Å². The van der Waals surface area contributed by atoms with Crippen LogP contribution in [0.25, 0.3) is 44.8 Å². The third-order valence-electron chi connectivity index (χ3n) is 12.0. The second-order valence-corrected chi connectivity index (χ2v) is 17.8. The molecule has 3 aliphatic heterocycles. The Bertz CT molecular complexity index is 2990. The number of rotatable bonds is 6. The summed E-state index contributed by atoms with van der Waals surface area (Å²) in [6.45, 7) is 8.27. The first-order chi connectivity index (χ1) is 31.7. The van der Waals surface area contributed by atoms with E-state index in [9.17, 15) is 18.4 Å². The normalized spacial score (nSPS) is 15.2. The molecule has 12 nitrogen and oxygen atoms in total. The number of anilines is 2. The van der Waals surface area contributed by atoms with Crippen molar-refractivity contribution in [2.24, 2.45) is 0 Å². The van der Waals surface area contributed by atoms with E-state index in [1.807, 2.05) is 60.7 Å². The van der Waals surface area contributed by atoms with Crippen LogP contribution in [0.5, 0.6) is 0 Å². The second kappa shape index (κ2) is 18.0. The van der Waals surface area contributed by atoms with E-state index in [0.717, 1.165) is 55.8 Å². The Morgan fingerprint density at radius 3 is 1.44 bits per heavy atom. The number of hydrogen-bond donors (Lipinski definition) is 2. The van der Waals surface area contributed by atoms with Crippen LogP contribution in [0, 0.1) is 11.6 Å². The van der Waals surface area contributed by atoms with Crippen molar-refractivity contribution in [3.63, 3.8) is 0 Å². The van der Waals surface area contributed by atoms with Crippen molar-refractivity contribution in [1.29, 1.82) is 0 Å². The lowest BCUT2D eigenvalue weighted by molar-refractivity contribution is -0.115. The van der Waals surface area contributed by atoms with Crippen LogP contribution >= 0.6 is 15.9 Å². The van der Waals surface area contributed by atoms with E-state index < -0.39 is 0 Å². The Labute approximate surface area is 388 Å². The molecule has 0 unspecified atom stereocenters. The first-order valence-corrected chi connectivity index (χ1v) is 21.9. The molecule has 0 spiro atoms.